The van der Waals surface area contributed by atoms with Gasteiger partial charge in [0.1, 0.15) is 21.7 Å². The van der Waals surface area contributed by atoms with Gasteiger partial charge in [-0.1, -0.05) is 11.3 Å². The van der Waals surface area contributed by atoms with Crippen molar-refractivity contribution in [3.63, 3.8) is 0 Å². The Labute approximate surface area is 84.1 Å². The van der Waals surface area contributed by atoms with E-state index in [0.29, 0.717) is 17.0 Å². The van der Waals surface area contributed by atoms with Gasteiger partial charge in [-0.3, -0.25) is 4.79 Å². The van der Waals surface area contributed by atoms with Crippen molar-refractivity contribution in [3.8, 4) is 11.5 Å². The first kappa shape index (κ1) is 9.08. The SMILES string of the molecule is COc1ccc(OC)c2sc(=O)[nH]c12. The fourth-order valence-electron chi connectivity index (χ4n) is 1.32. The van der Waals surface area contributed by atoms with Gasteiger partial charge in [-0.2, -0.15) is 0 Å². The molecule has 0 saturated heterocycles. The minimum atomic E-state index is -0.109. The lowest BCUT2D eigenvalue weighted by molar-refractivity contribution is 0.410. The maximum Gasteiger partial charge on any atom is 0.305 e. The lowest BCUT2D eigenvalue weighted by Crippen LogP contribution is -1.91. The summed E-state index contributed by atoms with van der Waals surface area (Å²) in [6, 6.07) is 3.55. The van der Waals surface area contributed by atoms with Gasteiger partial charge in [0.05, 0.1) is 14.2 Å². The molecule has 74 valence electrons. The van der Waals surface area contributed by atoms with Crippen LogP contribution in [0.3, 0.4) is 0 Å². The third kappa shape index (κ3) is 1.26. The summed E-state index contributed by atoms with van der Waals surface area (Å²) in [6.07, 6.45) is 0. The second-order valence-electron chi connectivity index (χ2n) is 2.69. The average Bonchev–Trinajstić information content (AvgIpc) is 2.57. The molecule has 1 aromatic carbocycles. The Kier molecular flexibility index (Phi) is 2.17. The molecule has 0 fully saturated rings. The van der Waals surface area contributed by atoms with E-state index in [1.54, 1.807) is 26.4 Å². The number of rotatable bonds is 2. The van der Waals surface area contributed by atoms with Gasteiger partial charge < -0.3 is 14.5 Å². The van der Waals surface area contributed by atoms with E-state index < -0.39 is 0 Å². The van der Waals surface area contributed by atoms with Crippen LogP contribution in [0, 0.1) is 0 Å². The number of aromatic nitrogens is 1. The summed E-state index contributed by atoms with van der Waals surface area (Å²) in [5, 5.41) is 0. The number of aromatic amines is 1. The number of ether oxygens (including phenoxy) is 2. The zero-order chi connectivity index (χ0) is 10.1. The van der Waals surface area contributed by atoms with Crippen molar-refractivity contribution >= 4 is 21.6 Å². The monoisotopic (exact) mass is 211 g/mol. The van der Waals surface area contributed by atoms with Crippen molar-refractivity contribution in [2.24, 2.45) is 0 Å². The molecule has 0 radical (unpaired) electrons. The van der Waals surface area contributed by atoms with Crippen LogP contribution in [0.1, 0.15) is 0 Å². The molecule has 0 bridgehead atoms. The summed E-state index contributed by atoms with van der Waals surface area (Å²) >= 11 is 1.12. The van der Waals surface area contributed by atoms with Gasteiger partial charge in [-0.15, -0.1) is 0 Å². The fourth-order valence-corrected chi connectivity index (χ4v) is 2.16. The fraction of sp³-hybridized carbons (Fsp3) is 0.222. The molecule has 1 aromatic heterocycles. The van der Waals surface area contributed by atoms with Crippen molar-refractivity contribution in [2.75, 3.05) is 14.2 Å². The van der Waals surface area contributed by atoms with Gasteiger partial charge in [0, 0.05) is 0 Å². The van der Waals surface area contributed by atoms with Crippen LogP contribution in [0.2, 0.25) is 0 Å². The Morgan fingerprint density at radius 3 is 2.50 bits per heavy atom. The van der Waals surface area contributed by atoms with Crippen molar-refractivity contribution in [1.82, 2.24) is 4.98 Å². The van der Waals surface area contributed by atoms with Crippen LogP contribution < -0.4 is 14.3 Å². The molecule has 2 rings (SSSR count). The lowest BCUT2D eigenvalue weighted by Gasteiger charge is -2.04. The lowest BCUT2D eigenvalue weighted by atomic mass is 10.3. The first-order valence-electron chi connectivity index (χ1n) is 4.00. The molecular formula is C9H9NO3S. The maximum atomic E-state index is 11.2. The minimum Gasteiger partial charge on any atom is -0.495 e. The molecule has 0 spiro atoms. The average molecular weight is 211 g/mol. The summed E-state index contributed by atoms with van der Waals surface area (Å²) < 4.78 is 11.0. The van der Waals surface area contributed by atoms with Crippen molar-refractivity contribution in [1.29, 1.82) is 0 Å². The molecule has 1 N–H and O–H groups in total. The third-order valence-corrected chi connectivity index (χ3v) is 2.84. The molecule has 0 amide bonds. The minimum absolute atomic E-state index is 0.109. The zero-order valence-electron chi connectivity index (χ0n) is 7.79. The van der Waals surface area contributed by atoms with Gasteiger partial charge in [0.15, 0.2) is 0 Å². The van der Waals surface area contributed by atoms with Gasteiger partial charge in [0.2, 0.25) is 0 Å². The van der Waals surface area contributed by atoms with Crippen LogP contribution in [-0.2, 0) is 0 Å². The molecule has 14 heavy (non-hydrogen) atoms. The number of methoxy groups -OCH3 is 2. The standard InChI is InChI=1S/C9H9NO3S/c1-12-5-3-4-6(13-2)8-7(5)10-9(11)14-8/h3-4H,1-2H3,(H,10,11). The van der Waals surface area contributed by atoms with Gasteiger partial charge in [0.25, 0.3) is 0 Å². The number of hydrogen-bond acceptors (Lipinski definition) is 4. The highest BCUT2D eigenvalue weighted by Crippen LogP contribution is 2.32. The van der Waals surface area contributed by atoms with E-state index in [9.17, 15) is 4.79 Å². The van der Waals surface area contributed by atoms with Crippen molar-refractivity contribution < 1.29 is 9.47 Å². The molecule has 0 aliphatic rings. The normalized spacial score (nSPS) is 10.4. The van der Waals surface area contributed by atoms with E-state index in [2.05, 4.69) is 4.98 Å². The number of hydrogen-bond donors (Lipinski definition) is 1. The third-order valence-electron chi connectivity index (χ3n) is 1.94. The highest BCUT2D eigenvalue weighted by molar-refractivity contribution is 7.16. The number of fused-ring (bicyclic) bond motifs is 1. The smallest absolute Gasteiger partial charge is 0.305 e. The van der Waals surface area contributed by atoms with Crippen molar-refractivity contribution in [3.05, 3.63) is 21.8 Å². The van der Waals surface area contributed by atoms with E-state index in [0.717, 1.165) is 16.0 Å². The number of H-pyrrole nitrogens is 1. The van der Waals surface area contributed by atoms with Crippen LogP contribution in [0.5, 0.6) is 11.5 Å². The largest absolute Gasteiger partial charge is 0.495 e. The molecule has 1 heterocycles. The Hall–Kier alpha value is -1.49. The Morgan fingerprint density at radius 2 is 1.86 bits per heavy atom. The molecule has 0 aliphatic heterocycles. The van der Waals surface area contributed by atoms with Crippen LogP contribution in [0.15, 0.2) is 16.9 Å². The van der Waals surface area contributed by atoms with Crippen LogP contribution in [0.25, 0.3) is 10.2 Å². The van der Waals surface area contributed by atoms with Crippen LogP contribution in [-0.4, -0.2) is 19.2 Å². The highest BCUT2D eigenvalue weighted by Gasteiger charge is 2.10. The zero-order valence-corrected chi connectivity index (χ0v) is 8.60. The number of benzene rings is 1. The first-order chi connectivity index (χ1) is 6.76. The molecule has 0 atom stereocenters. The summed E-state index contributed by atoms with van der Waals surface area (Å²) in [5.41, 5.74) is 0.696. The predicted octanol–water partition coefficient (Wildman–Crippen LogP) is 1.61. The Morgan fingerprint density at radius 1 is 1.21 bits per heavy atom. The summed E-state index contributed by atoms with van der Waals surface area (Å²) in [5.74, 6) is 1.34. The quantitative estimate of drug-likeness (QED) is 0.821. The summed E-state index contributed by atoms with van der Waals surface area (Å²) in [7, 11) is 3.14. The van der Waals surface area contributed by atoms with Gasteiger partial charge >= 0.3 is 4.87 Å². The second kappa shape index (κ2) is 3.34. The summed E-state index contributed by atoms with van der Waals surface area (Å²) in [6.45, 7) is 0. The number of thiazole rings is 1. The summed E-state index contributed by atoms with van der Waals surface area (Å²) in [4.78, 5) is 13.8. The van der Waals surface area contributed by atoms with Crippen molar-refractivity contribution in [2.45, 2.75) is 0 Å². The van der Waals surface area contributed by atoms with E-state index in [-0.39, 0.29) is 4.87 Å². The van der Waals surface area contributed by atoms with Gasteiger partial charge in [-0.25, -0.2) is 0 Å². The molecule has 2 aromatic rings. The van der Waals surface area contributed by atoms with E-state index in [1.807, 2.05) is 0 Å². The Bertz CT molecular complexity index is 470. The second-order valence-corrected chi connectivity index (χ2v) is 3.67. The maximum absolute atomic E-state index is 11.2. The van der Waals surface area contributed by atoms with Crippen LogP contribution in [0.4, 0.5) is 0 Å². The molecule has 0 unspecified atom stereocenters. The molecule has 4 nitrogen and oxygen atoms in total. The molecule has 0 saturated carbocycles. The van der Waals surface area contributed by atoms with Gasteiger partial charge in [-0.05, 0) is 12.1 Å². The molecular weight excluding hydrogens is 202 g/mol. The van der Waals surface area contributed by atoms with E-state index in [4.69, 9.17) is 9.47 Å². The number of nitrogens with one attached hydrogen (secondary N) is 1. The molecule has 0 aliphatic carbocycles. The highest BCUT2D eigenvalue weighted by atomic mass is 32.1. The van der Waals surface area contributed by atoms with E-state index >= 15 is 0 Å². The predicted molar refractivity (Wildman–Crippen MR) is 55.5 cm³/mol. The molecule has 5 heteroatoms. The van der Waals surface area contributed by atoms with Crippen LogP contribution >= 0.6 is 11.3 Å². The first-order valence-corrected chi connectivity index (χ1v) is 4.81. The topological polar surface area (TPSA) is 51.3 Å². The van der Waals surface area contributed by atoms with E-state index in [1.165, 1.54) is 0 Å². The Balaban J connectivity index is 2.84.